The molecule has 0 saturated carbocycles. The summed E-state index contributed by atoms with van der Waals surface area (Å²) in [5.74, 6) is -1.19. The van der Waals surface area contributed by atoms with Crippen molar-refractivity contribution in [1.82, 2.24) is 58.5 Å². The number of rotatable bonds is 84. The molecular formula is C93H185N17O12. The summed E-state index contributed by atoms with van der Waals surface area (Å²) < 4.78 is 0. The Morgan fingerprint density at radius 2 is 0.385 bits per heavy atom. The number of ketones is 1. The van der Waals surface area contributed by atoms with E-state index in [1.54, 1.807) is 7.05 Å². The molecule has 0 heterocycles. The average molecular weight is 1730 g/mol. The molecule has 714 valence electrons. The van der Waals surface area contributed by atoms with Crippen LogP contribution in [0, 0.1) is 0 Å². The van der Waals surface area contributed by atoms with Crippen LogP contribution in [0.15, 0.2) is 0 Å². The van der Waals surface area contributed by atoms with E-state index in [0.29, 0.717) is 149 Å². The Balaban J connectivity index is -0.00000190. The Bertz CT molecular complexity index is 2600. The van der Waals surface area contributed by atoms with Crippen molar-refractivity contribution < 1.29 is 57.5 Å². The summed E-state index contributed by atoms with van der Waals surface area (Å²) in [6, 6.07) is -3.00. The normalized spacial score (nSPS) is 12.4. The molecule has 29 heteroatoms. The lowest BCUT2D eigenvalue weighted by Crippen LogP contribution is -2.47. The number of likely N-dealkylation sites (N-methyl/N-ethyl adjacent to an activating group) is 1. The van der Waals surface area contributed by atoms with Crippen LogP contribution < -0.4 is 92.9 Å². The highest BCUT2D eigenvalue weighted by Crippen LogP contribution is 2.16. The Kier molecular flexibility index (Phi) is 89.2. The van der Waals surface area contributed by atoms with Crippen LogP contribution in [0.2, 0.25) is 0 Å². The second-order valence-corrected chi connectivity index (χ2v) is 33.3. The maximum Gasteiger partial charge on any atom is 0.242 e. The van der Waals surface area contributed by atoms with Crippen LogP contribution in [0.4, 0.5) is 0 Å². The van der Waals surface area contributed by atoms with Crippen LogP contribution in [-0.2, 0) is 57.5 Å². The fourth-order valence-electron chi connectivity index (χ4n) is 14.1. The number of hydrogen-bond acceptors (Lipinski definition) is 18. The summed E-state index contributed by atoms with van der Waals surface area (Å²) in [5.41, 5.74) is 33.5. The van der Waals surface area contributed by atoms with Crippen molar-refractivity contribution in [2.24, 2.45) is 34.4 Å². The van der Waals surface area contributed by atoms with Crippen LogP contribution in [-0.4, -0.2) is 180 Å². The highest BCUT2D eigenvalue weighted by atomic mass is 16.2. The lowest BCUT2D eigenvalue weighted by molar-refractivity contribution is -0.129. The molecule has 0 bridgehead atoms. The van der Waals surface area contributed by atoms with Gasteiger partial charge in [0.2, 0.25) is 65.0 Å². The van der Waals surface area contributed by atoms with Gasteiger partial charge in [-0.15, -0.1) is 0 Å². The zero-order valence-corrected chi connectivity index (χ0v) is 78.1. The third-order valence-electron chi connectivity index (χ3n) is 21.7. The number of unbranched alkanes of at least 4 members (excludes halogenated alkanes) is 34. The van der Waals surface area contributed by atoms with Gasteiger partial charge in [0.25, 0.3) is 0 Å². The Hall–Kier alpha value is -6.40. The molecular weight excluding hydrogens is 1550 g/mol. The van der Waals surface area contributed by atoms with Crippen molar-refractivity contribution >= 4 is 70.8 Å². The molecule has 23 N–H and O–H groups in total. The van der Waals surface area contributed by atoms with Gasteiger partial charge in [0.05, 0.1) is 6.04 Å². The van der Waals surface area contributed by atoms with Crippen LogP contribution in [0.5, 0.6) is 0 Å². The van der Waals surface area contributed by atoms with Crippen molar-refractivity contribution in [1.29, 1.82) is 0 Å². The van der Waals surface area contributed by atoms with Crippen molar-refractivity contribution in [3.05, 3.63) is 0 Å². The van der Waals surface area contributed by atoms with Crippen LogP contribution in [0.1, 0.15) is 413 Å². The van der Waals surface area contributed by atoms with Gasteiger partial charge in [-0.1, -0.05) is 188 Å². The maximum atomic E-state index is 12.9. The Labute approximate surface area is 739 Å². The zero-order chi connectivity index (χ0) is 91.0. The SMILES string of the molecule is CCCC(=O)NC(CCCCN)C(=O)NCCCCCCCC(=O)NC(CCCCN)C(=O)NCCCCCCCC(=O)NC(CCCCN)C(=O)NC.CCCCCCCCC(=O)NC(CCCCN)C(C)=O.CCCCCCCCCCCC(=O)NC(CCCCN)C(=O)NCCCCCCCC(=O)NC(CCCCN)C(=O)NCCCCCC. The van der Waals surface area contributed by atoms with Gasteiger partial charge in [0.15, 0.2) is 5.78 Å². The Morgan fingerprint density at radius 1 is 0.205 bits per heavy atom. The van der Waals surface area contributed by atoms with Gasteiger partial charge in [-0.2, -0.15) is 0 Å². The molecule has 0 aromatic heterocycles. The summed E-state index contributed by atoms with van der Waals surface area (Å²) in [4.78, 5) is 149. The zero-order valence-electron chi connectivity index (χ0n) is 78.1. The molecule has 0 radical (unpaired) electrons. The minimum atomic E-state index is -0.592. The van der Waals surface area contributed by atoms with Crippen molar-refractivity contribution in [2.45, 2.75) is 450 Å². The van der Waals surface area contributed by atoms with E-state index in [-0.39, 0.29) is 76.8 Å². The molecule has 0 saturated heterocycles. The maximum absolute atomic E-state index is 12.9. The third kappa shape index (κ3) is 78.3. The standard InChI is InChI=1S/C39H77N9O6.C38H76N6O4.C16H32N2O2/c1-3-20-34(49)47-32(22-13-16-27-41)38(53)44-29-18-9-5-7-11-25-36(51)48-33(23-14-17-28-42)39(54)45-30-19-8-4-6-10-24-35(50)46-31(37(52)43-2)21-12-15-26-40;1-3-5-7-9-10-11-12-14-17-27-35(45)44-34(26-20-22-30-40)38(48)42-32-24-16-13-15-18-28-36(46)43-33(25-19-21-29-39)37(47)41-31-23-8-6-4-2;1-3-4-5-6-7-8-12-16(20)18-15(14(2)19)11-9-10-13-17/h31-33H,3-30,40-42H2,1-2H3,(H,43,52)(H,44,53)(H,45,54)(H,46,50)(H,47,49)(H,48,51);33-34H,3-32,39-40H2,1-2H3,(H,41,47)(H,42,48)(H,43,46)(H,44,45);15H,3-13,17H2,1-2H3,(H,18,20). The van der Waals surface area contributed by atoms with E-state index >= 15 is 0 Å². The lowest BCUT2D eigenvalue weighted by Gasteiger charge is -2.19. The molecule has 0 rings (SSSR count). The Morgan fingerprint density at radius 3 is 0.590 bits per heavy atom. The van der Waals surface area contributed by atoms with Crippen molar-refractivity contribution in [3.63, 3.8) is 0 Å². The van der Waals surface area contributed by atoms with E-state index in [0.717, 1.165) is 225 Å². The first-order chi connectivity index (χ1) is 59.1. The quantitative estimate of drug-likeness (QED) is 0.0252. The van der Waals surface area contributed by atoms with Crippen LogP contribution >= 0.6 is 0 Å². The topological polar surface area (TPSA) is 493 Å². The van der Waals surface area contributed by atoms with Crippen molar-refractivity contribution in [3.8, 4) is 0 Å². The molecule has 6 atom stereocenters. The van der Waals surface area contributed by atoms with E-state index in [4.69, 9.17) is 34.4 Å². The van der Waals surface area contributed by atoms with Gasteiger partial charge in [0, 0.05) is 71.8 Å². The van der Waals surface area contributed by atoms with Gasteiger partial charge < -0.3 is 92.9 Å². The molecule has 6 unspecified atom stereocenters. The van der Waals surface area contributed by atoms with Gasteiger partial charge in [0.1, 0.15) is 30.2 Å². The fraction of sp³-hybridized carbons (Fsp3) is 0.871. The second-order valence-electron chi connectivity index (χ2n) is 33.3. The monoisotopic (exact) mass is 1730 g/mol. The van der Waals surface area contributed by atoms with Gasteiger partial charge in [-0.3, -0.25) is 57.5 Å². The predicted octanol–water partition coefficient (Wildman–Crippen LogP) is 11.5. The highest BCUT2D eigenvalue weighted by Gasteiger charge is 2.26. The van der Waals surface area contributed by atoms with Gasteiger partial charge >= 0.3 is 0 Å². The molecule has 0 spiro atoms. The minimum absolute atomic E-state index is 0.00781. The molecule has 0 fully saturated rings. The molecule has 11 amide bonds. The lowest BCUT2D eigenvalue weighted by atomic mass is 10.1. The van der Waals surface area contributed by atoms with E-state index in [1.165, 1.54) is 77.6 Å². The van der Waals surface area contributed by atoms with Gasteiger partial charge in [-0.25, -0.2) is 0 Å². The van der Waals surface area contributed by atoms with E-state index in [1.807, 2.05) is 6.92 Å². The predicted molar refractivity (Wildman–Crippen MR) is 498 cm³/mol. The first-order valence-corrected chi connectivity index (χ1v) is 48.9. The number of carbonyl (C=O) groups excluding carboxylic acids is 12. The van der Waals surface area contributed by atoms with Crippen LogP contribution in [0.25, 0.3) is 0 Å². The number of hydrogen-bond donors (Lipinski definition) is 17. The summed E-state index contributed by atoms with van der Waals surface area (Å²) in [6.07, 6.45) is 51.7. The molecule has 0 aliphatic carbocycles. The van der Waals surface area contributed by atoms with E-state index in [2.05, 4.69) is 79.3 Å². The molecule has 0 aliphatic heterocycles. The number of Topliss-reactive ketones (excluding diaryl/α,β-unsaturated/α-hetero) is 1. The highest BCUT2D eigenvalue weighted by molar-refractivity contribution is 5.91. The summed E-state index contributed by atoms with van der Waals surface area (Å²) >= 11 is 0. The molecule has 0 aliphatic rings. The number of nitrogens with one attached hydrogen (secondary N) is 11. The molecule has 0 aromatic carbocycles. The largest absolute Gasteiger partial charge is 0.357 e. The average Bonchev–Trinajstić information content (AvgIpc) is 0.945. The summed E-state index contributed by atoms with van der Waals surface area (Å²) in [6.45, 7) is 15.7. The summed E-state index contributed by atoms with van der Waals surface area (Å²) in [7, 11) is 1.56. The van der Waals surface area contributed by atoms with E-state index < -0.39 is 30.2 Å². The molecule has 0 aromatic rings. The first kappa shape index (κ1) is 120. The minimum Gasteiger partial charge on any atom is -0.357 e. The molecule has 122 heavy (non-hydrogen) atoms. The third-order valence-corrected chi connectivity index (χ3v) is 21.7. The first-order valence-electron chi connectivity index (χ1n) is 48.9. The smallest absolute Gasteiger partial charge is 0.242 e. The van der Waals surface area contributed by atoms with Gasteiger partial charge in [-0.05, 0) is 226 Å². The fourth-order valence-corrected chi connectivity index (χ4v) is 14.1. The molecule has 29 nitrogen and oxygen atoms in total. The van der Waals surface area contributed by atoms with Crippen molar-refractivity contribution in [2.75, 3.05) is 72.5 Å². The summed E-state index contributed by atoms with van der Waals surface area (Å²) in [5, 5.41) is 31.9. The second kappa shape index (κ2) is 90.8. The van der Waals surface area contributed by atoms with Crippen LogP contribution in [0.3, 0.4) is 0 Å². The number of nitrogens with two attached hydrogens (primary N) is 6. The number of amides is 11. The number of carbonyl (C=O) groups is 12. The van der Waals surface area contributed by atoms with E-state index in [9.17, 15) is 57.5 Å².